The first-order chi connectivity index (χ1) is 14.8. The third kappa shape index (κ3) is 7.16. The van der Waals surface area contributed by atoms with Gasteiger partial charge in [-0.2, -0.15) is 0 Å². The Balaban J connectivity index is 0.000000171. The summed E-state index contributed by atoms with van der Waals surface area (Å²) in [4.78, 5) is 0. The van der Waals surface area contributed by atoms with Gasteiger partial charge >= 0.3 is 0 Å². The van der Waals surface area contributed by atoms with Gasteiger partial charge in [-0.15, -0.1) is 0 Å². The lowest BCUT2D eigenvalue weighted by molar-refractivity contribution is 0.160. The summed E-state index contributed by atoms with van der Waals surface area (Å²) in [6.45, 7) is 4.83. The number of rotatable bonds is 8. The second kappa shape index (κ2) is 12.8. The molecule has 4 rings (SSSR count). The smallest absolute Gasteiger partial charge is 0.0624 e. The highest BCUT2D eigenvalue weighted by atomic mass is 16.5. The lowest BCUT2D eigenvalue weighted by Gasteiger charge is -2.16. The maximum Gasteiger partial charge on any atom is 0.0624 e. The molecule has 0 aromatic heterocycles. The van der Waals surface area contributed by atoms with Crippen molar-refractivity contribution in [2.75, 3.05) is 39.6 Å². The molecule has 2 aromatic carbocycles. The highest BCUT2D eigenvalue weighted by Gasteiger charge is 2.27. The summed E-state index contributed by atoms with van der Waals surface area (Å²) in [6.07, 6.45) is 0. The van der Waals surface area contributed by atoms with E-state index in [0.717, 1.165) is 13.1 Å². The fourth-order valence-electron chi connectivity index (χ4n) is 3.70. The first-order valence-electron chi connectivity index (χ1n) is 10.7. The van der Waals surface area contributed by atoms with Crippen molar-refractivity contribution in [2.24, 2.45) is 11.8 Å². The molecular formula is C24H34N2O4. The van der Waals surface area contributed by atoms with Crippen LogP contribution < -0.4 is 10.6 Å². The van der Waals surface area contributed by atoms with Crippen molar-refractivity contribution in [3.8, 4) is 0 Å². The van der Waals surface area contributed by atoms with Gasteiger partial charge in [0, 0.05) is 50.2 Å². The molecule has 30 heavy (non-hydrogen) atoms. The summed E-state index contributed by atoms with van der Waals surface area (Å²) in [6, 6.07) is 21.1. The largest absolute Gasteiger partial charge is 0.396 e. The Kier molecular flexibility index (Phi) is 9.76. The summed E-state index contributed by atoms with van der Waals surface area (Å²) in [5.74, 6) is 0.488. The van der Waals surface area contributed by atoms with Crippen LogP contribution in [0.3, 0.4) is 0 Å². The standard InChI is InChI=1S/2C12H17NO2/c2*14-7-11-8-15-9-12(11)13-6-10-4-2-1-3-5-10/h2*1-5,11-14H,6-9H2/t2*11-,12+/m10/s1. The highest BCUT2D eigenvalue weighted by Crippen LogP contribution is 2.14. The summed E-state index contributed by atoms with van der Waals surface area (Å²) in [5, 5.41) is 25.1. The van der Waals surface area contributed by atoms with E-state index in [1.165, 1.54) is 11.1 Å². The summed E-state index contributed by atoms with van der Waals surface area (Å²) in [7, 11) is 0. The molecule has 0 saturated carbocycles. The molecule has 0 amide bonds. The minimum atomic E-state index is 0.201. The molecule has 6 nitrogen and oxygen atoms in total. The van der Waals surface area contributed by atoms with Gasteiger partial charge in [-0.05, 0) is 11.1 Å². The molecule has 2 aromatic rings. The molecule has 2 aliphatic rings. The zero-order valence-corrected chi connectivity index (χ0v) is 17.5. The first-order valence-corrected chi connectivity index (χ1v) is 10.7. The van der Waals surface area contributed by atoms with Crippen LogP contribution in [-0.4, -0.2) is 61.9 Å². The van der Waals surface area contributed by atoms with Crippen LogP contribution in [0.15, 0.2) is 60.7 Å². The molecule has 2 saturated heterocycles. The van der Waals surface area contributed by atoms with Gasteiger partial charge in [0.1, 0.15) is 0 Å². The second-order valence-corrected chi connectivity index (χ2v) is 7.91. The Morgan fingerprint density at radius 2 is 1.03 bits per heavy atom. The molecule has 2 aliphatic heterocycles. The number of hydrogen-bond acceptors (Lipinski definition) is 6. The van der Waals surface area contributed by atoms with Gasteiger partial charge in [0.05, 0.1) is 26.4 Å². The Morgan fingerprint density at radius 3 is 1.40 bits per heavy atom. The Labute approximate surface area is 179 Å². The molecule has 4 atom stereocenters. The Hall–Kier alpha value is -1.80. The van der Waals surface area contributed by atoms with Gasteiger partial charge in [0.2, 0.25) is 0 Å². The minimum Gasteiger partial charge on any atom is -0.396 e. The van der Waals surface area contributed by atoms with E-state index < -0.39 is 0 Å². The molecule has 6 heteroatoms. The van der Waals surface area contributed by atoms with Crippen LogP contribution in [0.2, 0.25) is 0 Å². The van der Waals surface area contributed by atoms with Crippen molar-refractivity contribution in [1.82, 2.24) is 10.6 Å². The van der Waals surface area contributed by atoms with Crippen molar-refractivity contribution in [3.05, 3.63) is 71.8 Å². The normalized spacial score (nSPS) is 25.7. The van der Waals surface area contributed by atoms with Gasteiger partial charge < -0.3 is 30.3 Å². The van der Waals surface area contributed by atoms with Crippen LogP contribution in [0.4, 0.5) is 0 Å². The number of aliphatic hydroxyl groups is 2. The molecule has 0 aliphatic carbocycles. The number of nitrogens with one attached hydrogen (secondary N) is 2. The van der Waals surface area contributed by atoms with Gasteiger partial charge in [-0.25, -0.2) is 0 Å². The van der Waals surface area contributed by atoms with E-state index >= 15 is 0 Å². The molecule has 2 heterocycles. The highest BCUT2D eigenvalue weighted by molar-refractivity contribution is 5.15. The molecule has 164 valence electrons. The minimum absolute atomic E-state index is 0.201. The van der Waals surface area contributed by atoms with Crippen LogP contribution in [0.25, 0.3) is 0 Å². The van der Waals surface area contributed by atoms with Crippen molar-refractivity contribution >= 4 is 0 Å². The average Bonchev–Trinajstić information content (AvgIpc) is 3.47. The molecule has 2 fully saturated rings. The maximum atomic E-state index is 9.11. The van der Waals surface area contributed by atoms with Crippen molar-refractivity contribution in [2.45, 2.75) is 25.2 Å². The topological polar surface area (TPSA) is 83.0 Å². The molecule has 0 radical (unpaired) electrons. The predicted molar refractivity (Wildman–Crippen MR) is 117 cm³/mol. The predicted octanol–water partition coefficient (Wildman–Crippen LogP) is 1.57. The van der Waals surface area contributed by atoms with E-state index in [9.17, 15) is 0 Å². The quantitative estimate of drug-likeness (QED) is 0.525. The number of benzene rings is 2. The van der Waals surface area contributed by atoms with Crippen molar-refractivity contribution < 1.29 is 19.7 Å². The number of ether oxygens (including phenoxy) is 2. The molecule has 4 N–H and O–H groups in total. The van der Waals surface area contributed by atoms with E-state index in [4.69, 9.17) is 19.7 Å². The van der Waals surface area contributed by atoms with E-state index in [2.05, 4.69) is 34.9 Å². The van der Waals surface area contributed by atoms with E-state index in [0.29, 0.717) is 26.4 Å². The van der Waals surface area contributed by atoms with E-state index in [1.807, 2.05) is 36.4 Å². The number of aliphatic hydroxyl groups excluding tert-OH is 2. The van der Waals surface area contributed by atoms with Crippen LogP contribution in [0, 0.1) is 11.8 Å². The zero-order valence-electron chi connectivity index (χ0n) is 17.5. The summed E-state index contributed by atoms with van der Waals surface area (Å²) in [5.41, 5.74) is 2.53. The SMILES string of the molecule is OC[C@@H]1COC[C@@H]1NCc1ccccc1.OC[C@H]1COC[C@H]1NCc1ccccc1. The van der Waals surface area contributed by atoms with Gasteiger partial charge in [0.15, 0.2) is 0 Å². The second-order valence-electron chi connectivity index (χ2n) is 7.91. The van der Waals surface area contributed by atoms with Gasteiger partial charge in [0.25, 0.3) is 0 Å². The van der Waals surface area contributed by atoms with Crippen LogP contribution >= 0.6 is 0 Å². The Bertz CT molecular complexity index is 639. The summed E-state index contributed by atoms with van der Waals surface area (Å²) < 4.78 is 10.7. The fourth-order valence-corrected chi connectivity index (χ4v) is 3.70. The van der Waals surface area contributed by atoms with Crippen molar-refractivity contribution in [1.29, 1.82) is 0 Å². The van der Waals surface area contributed by atoms with Crippen molar-refractivity contribution in [3.63, 3.8) is 0 Å². The lowest BCUT2D eigenvalue weighted by Crippen LogP contribution is -2.36. The molecule has 0 spiro atoms. The van der Waals surface area contributed by atoms with Crippen LogP contribution in [-0.2, 0) is 22.6 Å². The molecular weight excluding hydrogens is 380 g/mol. The third-order valence-corrected chi connectivity index (χ3v) is 5.69. The fraction of sp³-hybridized carbons (Fsp3) is 0.500. The average molecular weight is 415 g/mol. The monoisotopic (exact) mass is 414 g/mol. The zero-order chi connectivity index (χ0) is 21.0. The van der Waals surface area contributed by atoms with Gasteiger partial charge in [-0.3, -0.25) is 0 Å². The number of hydrogen-bond donors (Lipinski definition) is 4. The summed E-state index contributed by atoms with van der Waals surface area (Å²) >= 11 is 0. The van der Waals surface area contributed by atoms with Crippen LogP contribution in [0.1, 0.15) is 11.1 Å². The van der Waals surface area contributed by atoms with Gasteiger partial charge in [-0.1, -0.05) is 60.7 Å². The Morgan fingerprint density at radius 1 is 0.633 bits per heavy atom. The van der Waals surface area contributed by atoms with E-state index in [1.54, 1.807) is 0 Å². The van der Waals surface area contributed by atoms with E-state index in [-0.39, 0.29) is 37.1 Å². The first kappa shape index (κ1) is 22.9. The molecule has 0 bridgehead atoms. The molecule has 0 unspecified atom stereocenters. The lowest BCUT2D eigenvalue weighted by atomic mass is 10.0. The van der Waals surface area contributed by atoms with Crippen LogP contribution in [0.5, 0.6) is 0 Å². The maximum absolute atomic E-state index is 9.11. The third-order valence-electron chi connectivity index (χ3n) is 5.69.